The van der Waals surface area contributed by atoms with E-state index in [2.05, 4.69) is 46.8 Å². The molecule has 1 heteroatoms. The van der Waals surface area contributed by atoms with Gasteiger partial charge in [-0.3, -0.25) is 4.79 Å². The molecule has 1 aromatic rings. The van der Waals surface area contributed by atoms with Crippen LogP contribution in [-0.2, 0) is 16.6 Å². The molecule has 0 N–H and O–H groups in total. The number of benzene rings is 1. The third-order valence-corrected chi connectivity index (χ3v) is 2.27. The molecule has 0 heterocycles. The molecule has 0 aliphatic rings. The summed E-state index contributed by atoms with van der Waals surface area (Å²) in [5.41, 5.74) is 2.60. The summed E-state index contributed by atoms with van der Waals surface area (Å²) in [6, 6.07) is 8.31. The number of ketones is 1. The number of hydrogen-bond acceptors (Lipinski definition) is 1. The highest BCUT2D eigenvalue weighted by molar-refractivity contribution is 5.78. The van der Waals surface area contributed by atoms with Crippen LogP contribution in [-0.4, -0.2) is 5.78 Å². The molecule has 0 saturated carbocycles. The second kappa shape index (κ2) is 10.8. The molecule has 0 radical (unpaired) electrons. The molecule has 0 saturated heterocycles. The van der Waals surface area contributed by atoms with Gasteiger partial charge in [0.1, 0.15) is 5.78 Å². The average molecular weight is 264 g/mol. The zero-order valence-corrected chi connectivity index (χ0v) is 14.1. The molecule has 0 aliphatic heterocycles. The van der Waals surface area contributed by atoms with Crippen molar-refractivity contribution in [3.8, 4) is 0 Å². The minimum atomic E-state index is 0.189. The molecular formula is C18H32O. The van der Waals surface area contributed by atoms with E-state index in [1.54, 1.807) is 6.92 Å². The number of carbonyl (C=O) groups is 1. The van der Waals surface area contributed by atoms with E-state index in [-0.39, 0.29) is 11.2 Å². The molecule has 1 nitrogen and oxygen atoms in total. The Hall–Kier alpha value is -1.11. The Labute approximate surface area is 120 Å². The molecule has 0 bridgehead atoms. The lowest BCUT2D eigenvalue weighted by Gasteiger charge is -2.18. The number of Topliss-reactive ketones (excluding diaryl/α,β-unsaturated/α-hetero) is 1. The normalized spacial score (nSPS) is 9.68. The number of carbonyl (C=O) groups excluding carboxylic acids is 1. The molecule has 1 aromatic carbocycles. The minimum Gasteiger partial charge on any atom is -0.300 e. The summed E-state index contributed by atoms with van der Waals surface area (Å²) < 4.78 is 0. The third kappa shape index (κ3) is 10.5. The zero-order valence-electron chi connectivity index (χ0n) is 14.1. The third-order valence-electron chi connectivity index (χ3n) is 2.27. The van der Waals surface area contributed by atoms with Crippen molar-refractivity contribution in [1.82, 2.24) is 0 Å². The molecular weight excluding hydrogens is 232 g/mol. The highest BCUT2D eigenvalue weighted by Gasteiger charge is 2.12. The molecule has 0 fully saturated rings. The number of rotatable bonds is 2. The van der Waals surface area contributed by atoms with E-state index < -0.39 is 0 Å². The highest BCUT2D eigenvalue weighted by atomic mass is 16.1. The van der Waals surface area contributed by atoms with E-state index in [1.165, 1.54) is 12.0 Å². The van der Waals surface area contributed by atoms with E-state index in [1.807, 2.05) is 26.0 Å². The second-order valence-corrected chi connectivity index (χ2v) is 5.53. The summed E-state index contributed by atoms with van der Waals surface area (Å²) >= 11 is 0. The van der Waals surface area contributed by atoms with Crippen molar-refractivity contribution in [1.29, 1.82) is 0 Å². The summed E-state index contributed by atoms with van der Waals surface area (Å²) in [7, 11) is 0. The molecule has 0 aliphatic carbocycles. The van der Waals surface area contributed by atoms with Crippen molar-refractivity contribution in [3.63, 3.8) is 0 Å². The Bertz CT molecular complexity index is 328. The van der Waals surface area contributed by atoms with Gasteiger partial charge in [0.05, 0.1) is 0 Å². The largest absolute Gasteiger partial charge is 0.300 e. The van der Waals surface area contributed by atoms with Crippen LogP contribution in [0.5, 0.6) is 0 Å². The lowest BCUT2D eigenvalue weighted by atomic mass is 9.86. The lowest BCUT2D eigenvalue weighted by molar-refractivity contribution is -0.116. The maximum absolute atomic E-state index is 10.9. The van der Waals surface area contributed by atoms with Gasteiger partial charge in [-0.25, -0.2) is 0 Å². The summed E-state index contributed by atoms with van der Waals surface area (Å²) in [4.78, 5) is 10.9. The Morgan fingerprint density at radius 2 is 1.37 bits per heavy atom. The topological polar surface area (TPSA) is 17.1 Å². The van der Waals surface area contributed by atoms with Gasteiger partial charge < -0.3 is 0 Å². The fraction of sp³-hybridized carbons (Fsp3) is 0.611. The van der Waals surface area contributed by atoms with Gasteiger partial charge in [-0.05, 0) is 23.5 Å². The Morgan fingerprint density at radius 1 is 1.00 bits per heavy atom. The van der Waals surface area contributed by atoms with E-state index in [9.17, 15) is 4.79 Å². The Morgan fingerprint density at radius 3 is 1.63 bits per heavy atom. The summed E-state index contributed by atoms with van der Waals surface area (Å²) in [5.74, 6) is 0.216. The van der Waals surface area contributed by atoms with Crippen LogP contribution < -0.4 is 0 Å². The van der Waals surface area contributed by atoms with Crippen LogP contribution in [0.3, 0.4) is 0 Å². The van der Waals surface area contributed by atoms with Crippen molar-refractivity contribution in [2.75, 3.05) is 0 Å². The first kappa shape index (κ1) is 20.2. The van der Waals surface area contributed by atoms with Crippen molar-refractivity contribution >= 4 is 5.78 Å². The van der Waals surface area contributed by atoms with Gasteiger partial charge in [0.25, 0.3) is 0 Å². The molecule has 19 heavy (non-hydrogen) atoms. The van der Waals surface area contributed by atoms with Gasteiger partial charge >= 0.3 is 0 Å². The fourth-order valence-corrected chi connectivity index (χ4v) is 1.41. The molecule has 110 valence electrons. The van der Waals surface area contributed by atoms with Crippen molar-refractivity contribution in [2.45, 2.75) is 73.6 Å². The smallest absolute Gasteiger partial charge is 0.134 e. The van der Waals surface area contributed by atoms with E-state index in [0.717, 1.165) is 5.56 Å². The van der Waals surface area contributed by atoms with Gasteiger partial charge in [0, 0.05) is 6.42 Å². The van der Waals surface area contributed by atoms with Crippen LogP contribution in [0, 0.1) is 0 Å². The summed E-state index contributed by atoms with van der Waals surface area (Å²) in [6.07, 6.45) is 1.80. The maximum atomic E-state index is 10.9. The summed E-state index contributed by atoms with van der Waals surface area (Å²) in [5, 5.41) is 0. The first-order valence-corrected chi connectivity index (χ1v) is 7.40. The predicted octanol–water partition coefficient (Wildman–Crippen LogP) is 5.56. The molecule has 0 amide bonds. The molecule has 0 aromatic heterocycles. The quantitative estimate of drug-likeness (QED) is 0.683. The highest BCUT2D eigenvalue weighted by Crippen LogP contribution is 2.22. The fourth-order valence-electron chi connectivity index (χ4n) is 1.41. The monoisotopic (exact) mass is 264 g/mol. The average Bonchev–Trinajstić information content (AvgIpc) is 2.31. The first-order valence-electron chi connectivity index (χ1n) is 7.40. The van der Waals surface area contributed by atoms with Gasteiger partial charge in [-0.2, -0.15) is 0 Å². The van der Waals surface area contributed by atoms with E-state index in [4.69, 9.17) is 0 Å². The van der Waals surface area contributed by atoms with Crippen LogP contribution in [0.15, 0.2) is 24.3 Å². The van der Waals surface area contributed by atoms with Gasteiger partial charge in [0.2, 0.25) is 0 Å². The standard InChI is InChI=1S/C13H18O.C3H8.C2H6/c1-10(14)9-11-5-7-12(8-6-11)13(2,3)4;1-3-2;1-2/h5-8H,9H2,1-4H3;3H2,1-2H3;1-2H3. The second-order valence-electron chi connectivity index (χ2n) is 5.53. The minimum absolute atomic E-state index is 0.189. The van der Waals surface area contributed by atoms with Crippen molar-refractivity contribution in [2.24, 2.45) is 0 Å². The van der Waals surface area contributed by atoms with Crippen LogP contribution >= 0.6 is 0 Å². The van der Waals surface area contributed by atoms with E-state index >= 15 is 0 Å². The zero-order chi connectivity index (χ0) is 15.5. The van der Waals surface area contributed by atoms with Gasteiger partial charge in [0.15, 0.2) is 0 Å². The van der Waals surface area contributed by atoms with Crippen molar-refractivity contribution in [3.05, 3.63) is 35.4 Å². The molecule has 0 atom stereocenters. The van der Waals surface area contributed by atoms with Gasteiger partial charge in [-0.1, -0.05) is 79.2 Å². The van der Waals surface area contributed by atoms with Crippen LogP contribution in [0.2, 0.25) is 0 Å². The Balaban J connectivity index is 0. The maximum Gasteiger partial charge on any atom is 0.134 e. The summed E-state index contributed by atoms with van der Waals surface area (Å²) in [6.45, 7) is 16.4. The predicted molar refractivity (Wildman–Crippen MR) is 86.8 cm³/mol. The van der Waals surface area contributed by atoms with Crippen LogP contribution in [0.4, 0.5) is 0 Å². The van der Waals surface area contributed by atoms with Gasteiger partial charge in [-0.15, -0.1) is 0 Å². The van der Waals surface area contributed by atoms with Crippen molar-refractivity contribution < 1.29 is 4.79 Å². The van der Waals surface area contributed by atoms with Crippen LogP contribution in [0.1, 0.15) is 72.9 Å². The SMILES string of the molecule is CC.CC(=O)Cc1ccc(C(C)(C)C)cc1.CCC. The lowest BCUT2D eigenvalue weighted by Crippen LogP contribution is -2.10. The Kier molecular flexibility index (Phi) is 11.5. The number of hydrogen-bond donors (Lipinski definition) is 0. The van der Waals surface area contributed by atoms with E-state index in [0.29, 0.717) is 6.42 Å². The molecule has 0 unspecified atom stereocenters. The first-order chi connectivity index (χ1) is 8.81. The van der Waals surface area contributed by atoms with Crippen LogP contribution in [0.25, 0.3) is 0 Å². The molecule has 1 rings (SSSR count). The molecule has 0 spiro atoms.